The fourth-order valence-electron chi connectivity index (χ4n) is 2.99. The number of amides is 2. The van der Waals surface area contributed by atoms with Crippen LogP contribution in [0.25, 0.3) is 0 Å². The molecule has 1 heterocycles. The van der Waals surface area contributed by atoms with Crippen LogP contribution in [-0.4, -0.2) is 18.9 Å². The molecule has 0 saturated carbocycles. The summed E-state index contributed by atoms with van der Waals surface area (Å²) in [7, 11) is 1.56. The molecule has 0 aliphatic carbocycles. The lowest BCUT2D eigenvalue weighted by molar-refractivity contribution is -0.117. The molecule has 0 aromatic heterocycles. The van der Waals surface area contributed by atoms with Gasteiger partial charge in [0, 0.05) is 16.9 Å². The Labute approximate surface area is 141 Å². The molecule has 1 aliphatic rings. The van der Waals surface area contributed by atoms with Crippen LogP contribution in [-0.2, 0) is 4.79 Å². The van der Waals surface area contributed by atoms with Gasteiger partial charge in [-0.3, -0.25) is 9.59 Å². The normalized spacial score (nSPS) is 15.8. The van der Waals surface area contributed by atoms with E-state index in [4.69, 9.17) is 4.74 Å². The SMILES string of the molecule is COc1cccc(C(=O)Nc2ccc3c(c2)C(C(C)C)C(=O)N3)c1. The van der Waals surface area contributed by atoms with Crippen LogP contribution >= 0.6 is 0 Å². The number of rotatable bonds is 4. The van der Waals surface area contributed by atoms with Crippen LogP contribution in [0, 0.1) is 5.92 Å². The predicted molar refractivity (Wildman–Crippen MR) is 93.6 cm³/mol. The smallest absolute Gasteiger partial charge is 0.255 e. The lowest BCUT2D eigenvalue weighted by Crippen LogP contribution is -2.17. The number of hydrogen-bond acceptors (Lipinski definition) is 3. The molecule has 24 heavy (non-hydrogen) atoms. The molecule has 2 aromatic carbocycles. The first-order valence-electron chi connectivity index (χ1n) is 7.90. The van der Waals surface area contributed by atoms with Crippen molar-refractivity contribution >= 4 is 23.2 Å². The Morgan fingerprint density at radius 1 is 1.21 bits per heavy atom. The Hall–Kier alpha value is -2.82. The maximum atomic E-state index is 12.4. The minimum atomic E-state index is -0.216. The summed E-state index contributed by atoms with van der Waals surface area (Å²) in [5.74, 6) is 0.430. The van der Waals surface area contributed by atoms with Gasteiger partial charge in [-0.05, 0) is 47.9 Å². The van der Waals surface area contributed by atoms with Crippen LogP contribution in [0.5, 0.6) is 5.75 Å². The first kappa shape index (κ1) is 16.1. The standard InChI is InChI=1S/C19H20N2O3/c1-11(2)17-15-10-13(7-8-16(15)21-19(17)23)20-18(22)12-5-4-6-14(9-12)24-3/h4-11,17H,1-3H3,(H,20,22)(H,21,23). The molecule has 124 valence electrons. The summed E-state index contributed by atoms with van der Waals surface area (Å²) in [5.41, 5.74) is 2.93. The van der Waals surface area contributed by atoms with Crippen LogP contribution in [0.1, 0.15) is 35.7 Å². The third kappa shape index (κ3) is 2.97. The highest BCUT2D eigenvalue weighted by Crippen LogP contribution is 2.38. The summed E-state index contributed by atoms with van der Waals surface area (Å²) in [6, 6.07) is 12.5. The average molecular weight is 324 g/mol. The van der Waals surface area contributed by atoms with Gasteiger partial charge >= 0.3 is 0 Å². The van der Waals surface area contributed by atoms with E-state index in [-0.39, 0.29) is 23.7 Å². The summed E-state index contributed by atoms with van der Waals surface area (Å²) in [6.07, 6.45) is 0. The van der Waals surface area contributed by atoms with Crippen molar-refractivity contribution in [3.8, 4) is 5.75 Å². The monoisotopic (exact) mass is 324 g/mol. The maximum Gasteiger partial charge on any atom is 0.255 e. The van der Waals surface area contributed by atoms with Gasteiger partial charge in [0.15, 0.2) is 0 Å². The van der Waals surface area contributed by atoms with Crippen molar-refractivity contribution in [1.29, 1.82) is 0 Å². The summed E-state index contributed by atoms with van der Waals surface area (Å²) >= 11 is 0. The number of carbonyl (C=O) groups is 2. The second-order valence-electron chi connectivity index (χ2n) is 6.20. The van der Waals surface area contributed by atoms with Gasteiger partial charge in [-0.15, -0.1) is 0 Å². The number of carbonyl (C=O) groups excluding carboxylic acids is 2. The predicted octanol–water partition coefficient (Wildman–Crippen LogP) is 3.64. The van der Waals surface area contributed by atoms with E-state index in [2.05, 4.69) is 10.6 Å². The second-order valence-corrected chi connectivity index (χ2v) is 6.20. The topological polar surface area (TPSA) is 67.4 Å². The number of ether oxygens (including phenoxy) is 1. The van der Waals surface area contributed by atoms with Crippen molar-refractivity contribution in [2.45, 2.75) is 19.8 Å². The zero-order valence-electron chi connectivity index (χ0n) is 13.9. The van der Waals surface area contributed by atoms with Crippen molar-refractivity contribution in [3.05, 3.63) is 53.6 Å². The fourth-order valence-corrected chi connectivity index (χ4v) is 2.99. The van der Waals surface area contributed by atoms with Crippen molar-refractivity contribution in [3.63, 3.8) is 0 Å². The molecule has 0 fully saturated rings. The molecule has 5 nitrogen and oxygen atoms in total. The zero-order valence-corrected chi connectivity index (χ0v) is 13.9. The summed E-state index contributed by atoms with van der Waals surface area (Å²) in [4.78, 5) is 24.5. The van der Waals surface area contributed by atoms with Crippen LogP contribution in [0.3, 0.4) is 0 Å². The molecule has 2 amide bonds. The maximum absolute atomic E-state index is 12.4. The fraction of sp³-hybridized carbons (Fsp3) is 0.263. The number of methoxy groups -OCH3 is 1. The van der Waals surface area contributed by atoms with E-state index in [0.717, 1.165) is 11.3 Å². The van der Waals surface area contributed by atoms with Gasteiger partial charge in [0.25, 0.3) is 5.91 Å². The molecule has 2 N–H and O–H groups in total. The summed E-state index contributed by atoms with van der Waals surface area (Å²) in [5, 5.41) is 5.77. The molecule has 5 heteroatoms. The van der Waals surface area contributed by atoms with E-state index in [1.807, 2.05) is 26.0 Å². The average Bonchev–Trinajstić information content (AvgIpc) is 2.90. The van der Waals surface area contributed by atoms with Crippen molar-refractivity contribution in [1.82, 2.24) is 0 Å². The van der Waals surface area contributed by atoms with Gasteiger partial charge < -0.3 is 15.4 Å². The molecule has 0 saturated heterocycles. The van der Waals surface area contributed by atoms with Gasteiger partial charge in [-0.2, -0.15) is 0 Å². The number of anilines is 2. The van der Waals surface area contributed by atoms with E-state index in [9.17, 15) is 9.59 Å². The summed E-state index contributed by atoms with van der Waals surface area (Å²) in [6.45, 7) is 4.03. The Bertz CT molecular complexity index is 799. The number of fused-ring (bicyclic) bond motifs is 1. The minimum Gasteiger partial charge on any atom is -0.497 e. The van der Waals surface area contributed by atoms with Gasteiger partial charge in [-0.25, -0.2) is 0 Å². The zero-order chi connectivity index (χ0) is 17.3. The molecule has 1 aliphatic heterocycles. The molecule has 3 rings (SSSR count). The molecule has 1 atom stereocenters. The molecule has 0 spiro atoms. The van der Waals surface area contributed by atoms with Crippen LogP contribution < -0.4 is 15.4 Å². The number of hydrogen-bond donors (Lipinski definition) is 2. The van der Waals surface area contributed by atoms with Crippen LogP contribution in [0.15, 0.2) is 42.5 Å². The third-order valence-electron chi connectivity index (χ3n) is 4.18. The number of nitrogens with one attached hydrogen (secondary N) is 2. The van der Waals surface area contributed by atoms with E-state index in [1.54, 1.807) is 37.4 Å². The highest BCUT2D eigenvalue weighted by molar-refractivity contribution is 6.06. The Kier molecular flexibility index (Phi) is 4.25. The molecular formula is C19H20N2O3. The molecule has 2 aromatic rings. The largest absolute Gasteiger partial charge is 0.497 e. The summed E-state index contributed by atoms with van der Waals surface area (Å²) < 4.78 is 5.14. The van der Waals surface area contributed by atoms with E-state index < -0.39 is 0 Å². The van der Waals surface area contributed by atoms with Crippen molar-refractivity contribution in [2.75, 3.05) is 17.7 Å². The van der Waals surface area contributed by atoms with Crippen LogP contribution in [0.4, 0.5) is 11.4 Å². The molecule has 0 radical (unpaired) electrons. The molecular weight excluding hydrogens is 304 g/mol. The van der Waals surface area contributed by atoms with Gasteiger partial charge in [0.05, 0.1) is 13.0 Å². The quantitative estimate of drug-likeness (QED) is 0.902. The molecule has 1 unspecified atom stereocenters. The first-order chi connectivity index (χ1) is 11.5. The Balaban J connectivity index is 1.84. The highest BCUT2D eigenvalue weighted by atomic mass is 16.5. The Morgan fingerprint density at radius 3 is 2.71 bits per heavy atom. The van der Waals surface area contributed by atoms with Gasteiger partial charge in [0.1, 0.15) is 5.75 Å². The number of benzene rings is 2. The lowest BCUT2D eigenvalue weighted by Gasteiger charge is -2.14. The second kappa shape index (κ2) is 6.35. The lowest BCUT2D eigenvalue weighted by atomic mass is 9.89. The van der Waals surface area contributed by atoms with E-state index in [0.29, 0.717) is 17.0 Å². The Morgan fingerprint density at radius 2 is 2.00 bits per heavy atom. The van der Waals surface area contributed by atoms with Crippen molar-refractivity contribution < 1.29 is 14.3 Å². The van der Waals surface area contributed by atoms with Crippen LogP contribution in [0.2, 0.25) is 0 Å². The minimum absolute atomic E-state index is 0.0104. The first-order valence-corrected chi connectivity index (χ1v) is 7.90. The molecule has 0 bridgehead atoms. The van der Waals surface area contributed by atoms with Gasteiger partial charge in [0.2, 0.25) is 5.91 Å². The van der Waals surface area contributed by atoms with Crippen molar-refractivity contribution in [2.24, 2.45) is 5.92 Å². The van der Waals surface area contributed by atoms with Gasteiger partial charge in [-0.1, -0.05) is 19.9 Å². The third-order valence-corrected chi connectivity index (χ3v) is 4.18. The van der Waals surface area contributed by atoms with E-state index in [1.165, 1.54) is 0 Å². The van der Waals surface area contributed by atoms with E-state index >= 15 is 0 Å². The highest BCUT2D eigenvalue weighted by Gasteiger charge is 2.33.